The number of hydrogen-bond donors (Lipinski definition) is 1. The van der Waals surface area contributed by atoms with E-state index < -0.39 is 0 Å². The first-order valence-electron chi connectivity index (χ1n) is 6.43. The van der Waals surface area contributed by atoms with Crippen molar-refractivity contribution < 1.29 is 4.74 Å². The van der Waals surface area contributed by atoms with Gasteiger partial charge >= 0.3 is 0 Å². The van der Waals surface area contributed by atoms with Crippen molar-refractivity contribution in [2.75, 3.05) is 5.32 Å². The van der Waals surface area contributed by atoms with E-state index in [4.69, 9.17) is 4.74 Å². The lowest BCUT2D eigenvalue weighted by molar-refractivity contribution is 0.210. The second-order valence-corrected chi connectivity index (χ2v) is 4.97. The van der Waals surface area contributed by atoms with E-state index in [0.29, 0.717) is 6.10 Å². The largest absolute Gasteiger partial charge is 0.490 e. The average Bonchev–Trinajstić information content (AvgIpc) is 2.96. The van der Waals surface area contributed by atoms with Crippen LogP contribution in [0.3, 0.4) is 0 Å². The summed E-state index contributed by atoms with van der Waals surface area (Å²) in [5.41, 5.74) is 1.22. The van der Waals surface area contributed by atoms with Gasteiger partial charge in [0.1, 0.15) is 5.75 Å². The van der Waals surface area contributed by atoms with E-state index in [0.717, 1.165) is 11.8 Å². The molecule has 2 heteroatoms. The lowest BCUT2D eigenvalue weighted by Gasteiger charge is -2.13. The maximum Gasteiger partial charge on any atom is 0.119 e. The Labute approximate surface area is 97.0 Å². The summed E-state index contributed by atoms with van der Waals surface area (Å²) in [6, 6.07) is 9.15. The minimum atomic E-state index is 0.460. The molecule has 0 spiro atoms. The fraction of sp³-hybridized carbons (Fsp3) is 0.571. The minimum Gasteiger partial charge on any atom is -0.490 e. The molecular weight excluding hydrogens is 198 g/mol. The number of ether oxygens (including phenoxy) is 1. The SMILES string of the molecule is c1cc(OC2CCCC2)ccc1NC1CC1. The van der Waals surface area contributed by atoms with E-state index in [1.165, 1.54) is 44.2 Å². The highest BCUT2D eigenvalue weighted by molar-refractivity contribution is 5.47. The van der Waals surface area contributed by atoms with Crippen molar-refractivity contribution in [1.29, 1.82) is 0 Å². The third-order valence-electron chi connectivity index (χ3n) is 3.41. The highest BCUT2D eigenvalue weighted by Gasteiger charge is 2.20. The molecule has 0 heterocycles. The van der Waals surface area contributed by atoms with Crippen LogP contribution < -0.4 is 10.1 Å². The molecule has 1 N–H and O–H groups in total. The minimum absolute atomic E-state index is 0.460. The van der Waals surface area contributed by atoms with Crippen molar-refractivity contribution in [2.24, 2.45) is 0 Å². The van der Waals surface area contributed by atoms with Crippen LogP contribution in [-0.2, 0) is 0 Å². The fourth-order valence-electron chi connectivity index (χ4n) is 2.29. The number of anilines is 1. The number of hydrogen-bond acceptors (Lipinski definition) is 2. The maximum atomic E-state index is 5.92. The summed E-state index contributed by atoms with van der Waals surface area (Å²) in [6.07, 6.45) is 8.20. The van der Waals surface area contributed by atoms with E-state index in [2.05, 4.69) is 29.6 Å². The van der Waals surface area contributed by atoms with E-state index in [9.17, 15) is 0 Å². The fourth-order valence-corrected chi connectivity index (χ4v) is 2.29. The van der Waals surface area contributed by atoms with Gasteiger partial charge < -0.3 is 10.1 Å². The second-order valence-electron chi connectivity index (χ2n) is 4.97. The summed E-state index contributed by atoms with van der Waals surface area (Å²) in [5, 5.41) is 3.48. The summed E-state index contributed by atoms with van der Waals surface area (Å²) >= 11 is 0. The molecule has 16 heavy (non-hydrogen) atoms. The summed E-state index contributed by atoms with van der Waals surface area (Å²) in [6.45, 7) is 0. The molecule has 0 atom stereocenters. The van der Waals surface area contributed by atoms with Crippen molar-refractivity contribution in [2.45, 2.75) is 50.7 Å². The van der Waals surface area contributed by atoms with Crippen LogP contribution in [0.4, 0.5) is 5.69 Å². The molecule has 0 aromatic heterocycles. The Bertz CT molecular complexity index is 336. The van der Waals surface area contributed by atoms with Crippen LogP contribution in [0.15, 0.2) is 24.3 Å². The lowest BCUT2D eigenvalue weighted by atomic mass is 10.2. The normalized spacial score (nSPS) is 21.0. The number of benzene rings is 1. The monoisotopic (exact) mass is 217 g/mol. The molecule has 86 valence electrons. The van der Waals surface area contributed by atoms with E-state index in [-0.39, 0.29) is 0 Å². The Morgan fingerprint density at radius 3 is 2.25 bits per heavy atom. The molecule has 0 radical (unpaired) electrons. The molecule has 2 saturated carbocycles. The molecule has 1 aromatic carbocycles. The Kier molecular flexibility index (Phi) is 2.73. The molecule has 2 aliphatic rings. The van der Waals surface area contributed by atoms with Gasteiger partial charge in [-0.2, -0.15) is 0 Å². The van der Waals surface area contributed by atoms with Gasteiger partial charge in [0.25, 0.3) is 0 Å². The van der Waals surface area contributed by atoms with Crippen LogP contribution in [0, 0.1) is 0 Å². The summed E-state index contributed by atoms with van der Waals surface area (Å²) in [5.74, 6) is 1.02. The van der Waals surface area contributed by atoms with E-state index >= 15 is 0 Å². The van der Waals surface area contributed by atoms with Crippen molar-refractivity contribution in [3.8, 4) is 5.75 Å². The highest BCUT2D eigenvalue weighted by Crippen LogP contribution is 2.27. The van der Waals surface area contributed by atoms with Crippen LogP contribution in [0.1, 0.15) is 38.5 Å². The predicted molar refractivity (Wildman–Crippen MR) is 66.0 cm³/mol. The third-order valence-corrected chi connectivity index (χ3v) is 3.41. The average molecular weight is 217 g/mol. The van der Waals surface area contributed by atoms with Gasteiger partial charge in [0, 0.05) is 11.7 Å². The summed E-state index contributed by atoms with van der Waals surface area (Å²) < 4.78 is 5.92. The zero-order chi connectivity index (χ0) is 10.8. The molecule has 2 nitrogen and oxygen atoms in total. The van der Waals surface area contributed by atoms with Crippen LogP contribution in [0.2, 0.25) is 0 Å². The van der Waals surface area contributed by atoms with Crippen LogP contribution >= 0.6 is 0 Å². The van der Waals surface area contributed by atoms with Gasteiger partial charge in [0.2, 0.25) is 0 Å². The van der Waals surface area contributed by atoms with Gasteiger partial charge in [-0.1, -0.05) is 0 Å². The van der Waals surface area contributed by atoms with Crippen molar-refractivity contribution in [3.05, 3.63) is 24.3 Å². The summed E-state index contributed by atoms with van der Waals surface area (Å²) in [7, 11) is 0. The van der Waals surface area contributed by atoms with Crippen molar-refractivity contribution in [3.63, 3.8) is 0 Å². The summed E-state index contributed by atoms with van der Waals surface area (Å²) in [4.78, 5) is 0. The van der Waals surface area contributed by atoms with Gasteiger partial charge in [-0.15, -0.1) is 0 Å². The maximum absolute atomic E-state index is 5.92. The molecule has 1 aromatic rings. The molecule has 0 unspecified atom stereocenters. The molecular formula is C14H19NO. The Hall–Kier alpha value is -1.18. The van der Waals surface area contributed by atoms with Crippen LogP contribution in [-0.4, -0.2) is 12.1 Å². The first-order valence-corrected chi connectivity index (χ1v) is 6.43. The van der Waals surface area contributed by atoms with E-state index in [1.807, 2.05) is 0 Å². The zero-order valence-electron chi connectivity index (χ0n) is 9.61. The third kappa shape index (κ3) is 2.49. The Balaban J connectivity index is 1.57. The van der Waals surface area contributed by atoms with Gasteiger partial charge in [-0.25, -0.2) is 0 Å². The Morgan fingerprint density at radius 2 is 1.62 bits per heavy atom. The van der Waals surface area contributed by atoms with Crippen molar-refractivity contribution >= 4 is 5.69 Å². The molecule has 0 bridgehead atoms. The highest BCUT2D eigenvalue weighted by atomic mass is 16.5. The molecule has 2 aliphatic carbocycles. The standard InChI is InChI=1S/C14H19NO/c1-2-4-13(3-1)16-14-9-7-12(8-10-14)15-11-5-6-11/h7-11,13,15H,1-6H2. The van der Waals surface area contributed by atoms with Crippen LogP contribution in [0.25, 0.3) is 0 Å². The predicted octanol–water partition coefficient (Wildman–Crippen LogP) is 3.58. The quantitative estimate of drug-likeness (QED) is 0.832. The van der Waals surface area contributed by atoms with Crippen molar-refractivity contribution in [1.82, 2.24) is 0 Å². The smallest absolute Gasteiger partial charge is 0.119 e. The van der Waals surface area contributed by atoms with Gasteiger partial charge in [-0.3, -0.25) is 0 Å². The molecule has 3 rings (SSSR count). The molecule has 2 fully saturated rings. The van der Waals surface area contributed by atoms with Crippen LogP contribution in [0.5, 0.6) is 5.75 Å². The van der Waals surface area contributed by atoms with E-state index in [1.54, 1.807) is 0 Å². The Morgan fingerprint density at radius 1 is 0.938 bits per heavy atom. The first kappa shape index (κ1) is 10.0. The van der Waals surface area contributed by atoms with Gasteiger partial charge in [0.15, 0.2) is 0 Å². The lowest BCUT2D eigenvalue weighted by Crippen LogP contribution is -2.10. The first-order chi connectivity index (χ1) is 7.90. The number of rotatable bonds is 4. The molecule has 0 amide bonds. The second kappa shape index (κ2) is 4.36. The zero-order valence-corrected chi connectivity index (χ0v) is 9.61. The topological polar surface area (TPSA) is 21.3 Å². The number of nitrogens with one attached hydrogen (secondary N) is 1. The molecule has 0 aliphatic heterocycles. The molecule has 0 saturated heterocycles. The van der Waals surface area contributed by atoms with Gasteiger partial charge in [0.05, 0.1) is 6.10 Å². The van der Waals surface area contributed by atoms with Gasteiger partial charge in [-0.05, 0) is 62.8 Å².